The van der Waals surface area contributed by atoms with Crippen molar-refractivity contribution in [3.63, 3.8) is 0 Å². The highest BCUT2D eigenvalue weighted by Crippen LogP contribution is 2.50. The Morgan fingerprint density at radius 1 is 1.27 bits per heavy atom. The molecule has 2 aliphatic rings. The Bertz CT molecular complexity index is 752. The van der Waals surface area contributed by atoms with Gasteiger partial charge in [-0.15, -0.1) is 0 Å². The minimum Gasteiger partial charge on any atom is -0.469 e. The molecule has 140 valence electrons. The fraction of sp³-hybridized carbons (Fsp3) is 0.571. The number of carbonyl (C=O) groups excluding carboxylic acids is 3. The summed E-state index contributed by atoms with van der Waals surface area (Å²) in [4.78, 5) is 36.7. The summed E-state index contributed by atoms with van der Waals surface area (Å²) in [6.07, 6.45) is 4.65. The predicted molar refractivity (Wildman–Crippen MR) is 103 cm³/mol. The number of Topliss-reactive ketones (excluding diaryl/α,β-unsaturated/α-hetero) is 2. The summed E-state index contributed by atoms with van der Waals surface area (Å²) in [7, 11) is 1.42. The first-order valence-corrected chi connectivity index (χ1v) is 9.94. The maximum absolute atomic E-state index is 12.7. The van der Waals surface area contributed by atoms with Crippen molar-refractivity contribution in [1.29, 1.82) is 0 Å². The first-order valence-electron chi connectivity index (χ1n) is 9.14. The van der Waals surface area contributed by atoms with Gasteiger partial charge in [-0.05, 0) is 57.1 Å². The van der Waals surface area contributed by atoms with Crippen molar-refractivity contribution in [2.45, 2.75) is 62.1 Å². The molecule has 0 amide bonds. The third kappa shape index (κ3) is 3.51. The predicted octanol–water partition coefficient (Wildman–Crippen LogP) is 4.62. The summed E-state index contributed by atoms with van der Waals surface area (Å²) in [5.41, 5.74) is 2.25. The van der Waals surface area contributed by atoms with Gasteiger partial charge in [-0.1, -0.05) is 28.1 Å². The number of halogens is 1. The van der Waals surface area contributed by atoms with E-state index in [1.54, 1.807) is 6.07 Å². The van der Waals surface area contributed by atoms with Crippen LogP contribution in [0.5, 0.6) is 0 Å². The zero-order chi connectivity index (χ0) is 19.1. The molecule has 0 heterocycles. The molecule has 0 atom stereocenters. The number of esters is 1. The summed E-state index contributed by atoms with van der Waals surface area (Å²) in [5, 5.41) is 0. The van der Waals surface area contributed by atoms with Crippen LogP contribution in [0.25, 0.3) is 0 Å². The van der Waals surface area contributed by atoms with Crippen LogP contribution in [0.4, 0.5) is 0 Å². The normalized spacial score (nSPS) is 25.2. The van der Waals surface area contributed by atoms with E-state index in [4.69, 9.17) is 4.74 Å². The lowest BCUT2D eigenvalue weighted by molar-refractivity contribution is -0.142. The molecule has 26 heavy (non-hydrogen) atoms. The van der Waals surface area contributed by atoms with E-state index < -0.39 is 4.32 Å². The second-order valence-corrected chi connectivity index (χ2v) is 10.1. The Hall–Kier alpha value is -1.49. The van der Waals surface area contributed by atoms with Gasteiger partial charge in [0.15, 0.2) is 11.6 Å². The van der Waals surface area contributed by atoms with Gasteiger partial charge in [-0.3, -0.25) is 14.4 Å². The average molecular weight is 421 g/mol. The number of rotatable bonds is 4. The van der Waals surface area contributed by atoms with Gasteiger partial charge in [-0.25, -0.2) is 0 Å². The number of ether oxygens (including phenoxy) is 1. The van der Waals surface area contributed by atoms with E-state index in [1.165, 1.54) is 7.11 Å². The van der Waals surface area contributed by atoms with Crippen LogP contribution >= 0.6 is 15.9 Å². The number of ketones is 2. The highest BCUT2D eigenvalue weighted by molar-refractivity contribution is 9.10. The van der Waals surface area contributed by atoms with Crippen molar-refractivity contribution < 1.29 is 19.1 Å². The van der Waals surface area contributed by atoms with Gasteiger partial charge in [0.1, 0.15) is 0 Å². The van der Waals surface area contributed by atoms with Crippen molar-refractivity contribution in [2.24, 2.45) is 5.92 Å². The van der Waals surface area contributed by atoms with Gasteiger partial charge in [0.25, 0.3) is 0 Å². The largest absolute Gasteiger partial charge is 0.469 e. The molecule has 4 nitrogen and oxygen atoms in total. The Labute approximate surface area is 162 Å². The summed E-state index contributed by atoms with van der Waals surface area (Å²) >= 11 is 3.41. The summed E-state index contributed by atoms with van der Waals surface area (Å²) in [6.45, 7) is 3.63. The molecule has 3 rings (SSSR count). The van der Waals surface area contributed by atoms with Crippen molar-refractivity contribution in [3.8, 4) is 0 Å². The first-order chi connectivity index (χ1) is 12.2. The molecular formula is C21H25BrO4. The monoisotopic (exact) mass is 420 g/mol. The third-order valence-electron chi connectivity index (χ3n) is 5.94. The second-order valence-electron chi connectivity index (χ2n) is 8.17. The molecule has 0 aliphatic heterocycles. The molecule has 1 spiro atoms. The molecule has 0 N–H and O–H groups in total. The fourth-order valence-corrected chi connectivity index (χ4v) is 4.65. The molecular weight excluding hydrogens is 396 g/mol. The van der Waals surface area contributed by atoms with Crippen molar-refractivity contribution >= 4 is 33.5 Å². The molecule has 0 unspecified atom stereocenters. The van der Waals surface area contributed by atoms with E-state index in [0.29, 0.717) is 29.9 Å². The maximum atomic E-state index is 12.7. The van der Waals surface area contributed by atoms with Crippen LogP contribution in [-0.2, 0) is 14.9 Å². The average Bonchev–Trinajstić information content (AvgIpc) is 2.87. The number of fused-ring (bicyclic) bond motifs is 2. The lowest BCUT2D eigenvalue weighted by Crippen LogP contribution is -2.31. The number of methoxy groups -OCH3 is 1. The van der Waals surface area contributed by atoms with Gasteiger partial charge in [0, 0.05) is 29.4 Å². The molecule has 0 radical (unpaired) electrons. The number of carbonyl (C=O) groups is 3. The Morgan fingerprint density at radius 3 is 2.50 bits per heavy atom. The zero-order valence-electron chi connectivity index (χ0n) is 15.6. The maximum Gasteiger partial charge on any atom is 0.305 e. The molecule has 2 aliphatic carbocycles. The first kappa shape index (κ1) is 19.3. The summed E-state index contributed by atoms with van der Waals surface area (Å²) < 4.78 is 4.13. The van der Waals surface area contributed by atoms with Crippen molar-refractivity contribution in [2.75, 3.05) is 7.11 Å². The van der Waals surface area contributed by atoms with Crippen LogP contribution in [0.1, 0.15) is 78.7 Å². The summed E-state index contributed by atoms with van der Waals surface area (Å²) in [6, 6.07) is 5.61. The van der Waals surface area contributed by atoms with E-state index in [0.717, 1.165) is 31.2 Å². The number of benzene rings is 1. The van der Waals surface area contributed by atoms with Crippen LogP contribution in [-0.4, -0.2) is 29.0 Å². The lowest BCUT2D eigenvalue weighted by Gasteiger charge is -2.37. The molecule has 1 aromatic rings. The number of hydrogen-bond acceptors (Lipinski definition) is 4. The Morgan fingerprint density at radius 2 is 1.92 bits per heavy atom. The minimum atomic E-state index is -0.646. The molecule has 1 fully saturated rings. The van der Waals surface area contributed by atoms with E-state index in [-0.39, 0.29) is 23.0 Å². The van der Waals surface area contributed by atoms with E-state index in [9.17, 15) is 14.4 Å². The van der Waals surface area contributed by atoms with Crippen LogP contribution in [0, 0.1) is 5.92 Å². The van der Waals surface area contributed by atoms with E-state index >= 15 is 0 Å². The number of alkyl halides is 1. The topological polar surface area (TPSA) is 60.4 Å². The van der Waals surface area contributed by atoms with Gasteiger partial charge >= 0.3 is 5.97 Å². The van der Waals surface area contributed by atoms with Gasteiger partial charge in [-0.2, -0.15) is 0 Å². The van der Waals surface area contributed by atoms with Crippen LogP contribution in [0.3, 0.4) is 0 Å². The molecule has 1 saturated carbocycles. The molecule has 0 aromatic heterocycles. The van der Waals surface area contributed by atoms with Crippen molar-refractivity contribution in [3.05, 3.63) is 34.9 Å². The molecule has 5 heteroatoms. The lowest BCUT2D eigenvalue weighted by atomic mass is 9.66. The zero-order valence-corrected chi connectivity index (χ0v) is 17.1. The SMILES string of the molecule is COC(=O)CC1CCC2(CC1)CC(=O)c1cc(C(=O)C(C)(C)Br)ccc12. The van der Waals surface area contributed by atoms with Gasteiger partial charge < -0.3 is 4.74 Å². The van der Waals surface area contributed by atoms with E-state index in [1.807, 2.05) is 26.0 Å². The van der Waals surface area contributed by atoms with Crippen LogP contribution in [0.2, 0.25) is 0 Å². The van der Waals surface area contributed by atoms with Crippen LogP contribution in [0.15, 0.2) is 18.2 Å². The molecule has 1 aromatic carbocycles. The highest BCUT2D eigenvalue weighted by Gasteiger charge is 2.45. The van der Waals surface area contributed by atoms with Gasteiger partial charge in [0.05, 0.1) is 11.4 Å². The third-order valence-corrected chi connectivity index (χ3v) is 6.30. The minimum absolute atomic E-state index is 0.0177. The van der Waals surface area contributed by atoms with Crippen molar-refractivity contribution in [1.82, 2.24) is 0 Å². The van der Waals surface area contributed by atoms with E-state index in [2.05, 4.69) is 15.9 Å². The smallest absolute Gasteiger partial charge is 0.305 e. The highest BCUT2D eigenvalue weighted by atomic mass is 79.9. The standard InChI is InChI=1S/C21H25BrO4/c1-20(2,22)19(25)14-4-5-16-15(11-14)17(23)12-21(16)8-6-13(7-9-21)10-18(24)26-3/h4-5,11,13H,6-10,12H2,1-3H3. The fourth-order valence-electron chi connectivity index (χ4n) is 4.42. The molecule has 0 bridgehead atoms. The Kier molecular flexibility index (Phi) is 5.13. The summed E-state index contributed by atoms with van der Waals surface area (Å²) in [5.74, 6) is 0.293. The molecule has 0 saturated heterocycles. The Balaban J connectivity index is 1.82. The number of hydrogen-bond donors (Lipinski definition) is 0. The van der Waals surface area contributed by atoms with Crippen LogP contribution < -0.4 is 0 Å². The second kappa shape index (κ2) is 6.91. The quantitative estimate of drug-likeness (QED) is 0.404. The van der Waals surface area contributed by atoms with Gasteiger partial charge in [0.2, 0.25) is 0 Å².